The van der Waals surface area contributed by atoms with Gasteiger partial charge in [-0.2, -0.15) is 0 Å². The molecule has 0 bridgehead atoms. The highest BCUT2D eigenvalue weighted by molar-refractivity contribution is 5.82. The number of nitrogens with zero attached hydrogens (tertiary/aromatic N) is 1. The van der Waals surface area contributed by atoms with Crippen molar-refractivity contribution in [2.75, 3.05) is 26.2 Å². The number of urea groups is 1. The van der Waals surface area contributed by atoms with Crippen molar-refractivity contribution in [2.24, 2.45) is 5.92 Å². The van der Waals surface area contributed by atoms with Crippen LogP contribution in [0.3, 0.4) is 0 Å². The summed E-state index contributed by atoms with van der Waals surface area (Å²) in [5.41, 5.74) is 0. The third-order valence-corrected chi connectivity index (χ3v) is 4.59. The summed E-state index contributed by atoms with van der Waals surface area (Å²) in [6.07, 6.45) is 7.55. The van der Waals surface area contributed by atoms with Gasteiger partial charge in [0.05, 0.1) is 0 Å². The Kier molecular flexibility index (Phi) is 6.29. The molecule has 1 aliphatic heterocycles. The maximum absolute atomic E-state index is 11.9. The second kappa shape index (κ2) is 8.22. The zero-order chi connectivity index (χ0) is 15.1. The Morgan fingerprint density at radius 3 is 2.38 bits per heavy atom. The molecule has 1 heterocycles. The standard InChI is InChI=1S/C15H27N3O3/c19-14(20)13(12-6-2-1-3-7-12)17-15(21)16-8-11-18-9-4-5-10-18/h12-13H,1-11H2,(H,19,20)(H2,16,17,21). The molecule has 1 unspecified atom stereocenters. The van der Waals surface area contributed by atoms with Crippen LogP contribution in [0.25, 0.3) is 0 Å². The van der Waals surface area contributed by atoms with Crippen LogP contribution in [0.2, 0.25) is 0 Å². The number of carbonyl (C=O) groups is 2. The quantitative estimate of drug-likeness (QED) is 0.692. The Labute approximate surface area is 126 Å². The number of aliphatic carboxylic acids is 1. The van der Waals surface area contributed by atoms with Crippen LogP contribution in [0, 0.1) is 5.92 Å². The van der Waals surface area contributed by atoms with Crippen LogP contribution in [0.4, 0.5) is 4.79 Å². The van der Waals surface area contributed by atoms with E-state index in [2.05, 4.69) is 15.5 Å². The van der Waals surface area contributed by atoms with E-state index in [-0.39, 0.29) is 11.9 Å². The molecule has 0 aromatic heterocycles. The topological polar surface area (TPSA) is 81.7 Å². The Morgan fingerprint density at radius 2 is 1.76 bits per heavy atom. The van der Waals surface area contributed by atoms with Crippen molar-refractivity contribution in [3.05, 3.63) is 0 Å². The van der Waals surface area contributed by atoms with E-state index in [0.29, 0.717) is 6.54 Å². The van der Waals surface area contributed by atoms with Crippen molar-refractivity contribution in [1.82, 2.24) is 15.5 Å². The Balaban J connectivity index is 1.71. The molecule has 1 aliphatic carbocycles. The molecule has 0 spiro atoms. The highest BCUT2D eigenvalue weighted by Crippen LogP contribution is 2.26. The van der Waals surface area contributed by atoms with Gasteiger partial charge in [-0.05, 0) is 44.7 Å². The molecule has 2 aliphatic rings. The van der Waals surface area contributed by atoms with Gasteiger partial charge in [0.2, 0.25) is 0 Å². The molecule has 1 saturated carbocycles. The average molecular weight is 297 g/mol. The van der Waals surface area contributed by atoms with E-state index in [4.69, 9.17) is 0 Å². The van der Waals surface area contributed by atoms with Gasteiger partial charge in [-0.15, -0.1) is 0 Å². The summed E-state index contributed by atoms with van der Waals surface area (Å²) in [6, 6.07) is -1.11. The zero-order valence-corrected chi connectivity index (χ0v) is 12.6. The molecule has 1 atom stereocenters. The van der Waals surface area contributed by atoms with E-state index in [1.807, 2.05) is 0 Å². The van der Waals surface area contributed by atoms with Gasteiger partial charge in [0.1, 0.15) is 6.04 Å². The molecule has 21 heavy (non-hydrogen) atoms. The predicted molar refractivity (Wildman–Crippen MR) is 80.2 cm³/mol. The van der Waals surface area contributed by atoms with Gasteiger partial charge >= 0.3 is 12.0 Å². The summed E-state index contributed by atoms with van der Waals surface area (Å²) in [5.74, 6) is -0.850. The van der Waals surface area contributed by atoms with Crippen molar-refractivity contribution in [1.29, 1.82) is 0 Å². The minimum absolute atomic E-state index is 0.0700. The van der Waals surface area contributed by atoms with E-state index < -0.39 is 12.0 Å². The zero-order valence-electron chi connectivity index (χ0n) is 12.6. The molecule has 120 valence electrons. The molecular formula is C15H27N3O3. The average Bonchev–Trinajstić information content (AvgIpc) is 2.98. The van der Waals surface area contributed by atoms with E-state index in [1.165, 1.54) is 19.3 Å². The highest BCUT2D eigenvalue weighted by Gasteiger charge is 2.30. The van der Waals surface area contributed by atoms with Gasteiger partial charge in [-0.3, -0.25) is 0 Å². The minimum Gasteiger partial charge on any atom is -0.480 e. The first kappa shape index (κ1) is 16.1. The fraction of sp³-hybridized carbons (Fsp3) is 0.867. The van der Waals surface area contributed by atoms with Crippen LogP contribution in [0.15, 0.2) is 0 Å². The normalized spacial score (nSPS) is 21.9. The third-order valence-electron chi connectivity index (χ3n) is 4.59. The largest absolute Gasteiger partial charge is 0.480 e. The smallest absolute Gasteiger partial charge is 0.326 e. The van der Waals surface area contributed by atoms with Gasteiger partial charge < -0.3 is 20.6 Å². The van der Waals surface area contributed by atoms with Crippen LogP contribution in [-0.2, 0) is 4.79 Å². The van der Waals surface area contributed by atoms with E-state index >= 15 is 0 Å². The van der Waals surface area contributed by atoms with E-state index in [0.717, 1.165) is 45.3 Å². The van der Waals surface area contributed by atoms with Crippen LogP contribution in [-0.4, -0.2) is 54.2 Å². The summed E-state index contributed by atoms with van der Waals surface area (Å²) < 4.78 is 0. The fourth-order valence-corrected chi connectivity index (χ4v) is 3.37. The molecule has 3 N–H and O–H groups in total. The SMILES string of the molecule is O=C(NCCN1CCCC1)NC(C(=O)O)C1CCCCC1. The second-order valence-electron chi connectivity index (χ2n) is 6.16. The number of hydrogen-bond donors (Lipinski definition) is 3. The molecule has 2 fully saturated rings. The summed E-state index contributed by atoms with van der Waals surface area (Å²) in [4.78, 5) is 25.6. The molecule has 0 radical (unpaired) electrons. The number of carboxylic acids is 1. The van der Waals surface area contributed by atoms with E-state index in [9.17, 15) is 14.7 Å². The fourth-order valence-electron chi connectivity index (χ4n) is 3.37. The monoisotopic (exact) mass is 297 g/mol. The van der Waals surface area contributed by atoms with Crippen molar-refractivity contribution < 1.29 is 14.7 Å². The maximum Gasteiger partial charge on any atom is 0.326 e. The lowest BCUT2D eigenvalue weighted by atomic mass is 9.84. The van der Waals surface area contributed by atoms with Crippen molar-refractivity contribution in [2.45, 2.75) is 51.0 Å². The van der Waals surface area contributed by atoms with Crippen molar-refractivity contribution in [3.8, 4) is 0 Å². The second-order valence-corrected chi connectivity index (χ2v) is 6.16. The maximum atomic E-state index is 11.9. The number of rotatable bonds is 6. The molecule has 2 rings (SSSR count). The number of carboxylic acid groups (broad SMARTS) is 1. The van der Waals surface area contributed by atoms with Crippen molar-refractivity contribution >= 4 is 12.0 Å². The first-order chi connectivity index (χ1) is 10.2. The van der Waals surface area contributed by atoms with Crippen LogP contribution >= 0.6 is 0 Å². The van der Waals surface area contributed by atoms with Crippen LogP contribution in [0.5, 0.6) is 0 Å². The molecular weight excluding hydrogens is 270 g/mol. The number of likely N-dealkylation sites (tertiary alicyclic amines) is 1. The summed E-state index contributed by atoms with van der Waals surface area (Å²) in [7, 11) is 0. The number of nitrogens with one attached hydrogen (secondary N) is 2. The number of amides is 2. The summed E-state index contributed by atoms with van der Waals surface area (Å²) in [5, 5.41) is 14.7. The van der Waals surface area contributed by atoms with Crippen LogP contribution < -0.4 is 10.6 Å². The number of carbonyl (C=O) groups excluding carboxylic acids is 1. The van der Waals surface area contributed by atoms with Gasteiger partial charge in [0.15, 0.2) is 0 Å². The van der Waals surface area contributed by atoms with Gasteiger partial charge in [0.25, 0.3) is 0 Å². The lowest BCUT2D eigenvalue weighted by Gasteiger charge is -2.28. The van der Waals surface area contributed by atoms with Crippen LogP contribution in [0.1, 0.15) is 44.9 Å². The molecule has 6 heteroatoms. The van der Waals surface area contributed by atoms with Crippen molar-refractivity contribution in [3.63, 3.8) is 0 Å². The highest BCUT2D eigenvalue weighted by atomic mass is 16.4. The minimum atomic E-state index is -0.920. The Bertz CT molecular complexity index is 350. The number of hydrogen-bond acceptors (Lipinski definition) is 3. The molecule has 1 saturated heterocycles. The predicted octanol–water partition coefficient (Wildman–Crippen LogP) is 1.41. The molecule has 0 aromatic rings. The van der Waals surface area contributed by atoms with Gasteiger partial charge in [-0.25, -0.2) is 9.59 Å². The third kappa shape index (κ3) is 5.19. The van der Waals surface area contributed by atoms with Gasteiger partial charge in [-0.1, -0.05) is 19.3 Å². The van der Waals surface area contributed by atoms with Gasteiger partial charge in [0, 0.05) is 13.1 Å². The summed E-state index contributed by atoms with van der Waals surface area (Å²) >= 11 is 0. The Morgan fingerprint density at radius 1 is 1.10 bits per heavy atom. The molecule has 6 nitrogen and oxygen atoms in total. The lowest BCUT2D eigenvalue weighted by molar-refractivity contribution is -0.141. The molecule has 0 aromatic carbocycles. The first-order valence-corrected chi connectivity index (χ1v) is 8.16. The molecule has 2 amide bonds. The summed E-state index contributed by atoms with van der Waals surface area (Å²) in [6.45, 7) is 3.61. The van der Waals surface area contributed by atoms with E-state index in [1.54, 1.807) is 0 Å². The Hall–Kier alpha value is -1.30. The first-order valence-electron chi connectivity index (χ1n) is 8.16. The lowest BCUT2D eigenvalue weighted by Crippen LogP contribution is -2.51.